The lowest BCUT2D eigenvalue weighted by molar-refractivity contribution is 0.0935. The standard InChI is InChI=1S/C19H17ClN4O/c20-15-6-7-16-13(9-15)5-8-18(16)23-19(25)17-4-2-1-3-14(17)10-24-12-21-11-22-24/h1-4,6-7,9,11-12,18H,5,8,10H2,(H,23,25). The predicted octanol–water partition coefficient (Wildman–Crippen LogP) is 3.40. The number of halogens is 1. The summed E-state index contributed by atoms with van der Waals surface area (Å²) >= 11 is 6.06. The zero-order valence-electron chi connectivity index (χ0n) is 13.5. The Morgan fingerprint density at radius 2 is 2.16 bits per heavy atom. The molecule has 0 spiro atoms. The van der Waals surface area contributed by atoms with Crippen molar-refractivity contribution in [3.8, 4) is 0 Å². The fourth-order valence-corrected chi connectivity index (χ4v) is 3.54. The van der Waals surface area contributed by atoms with Crippen LogP contribution in [0.15, 0.2) is 55.1 Å². The molecule has 0 radical (unpaired) electrons. The number of rotatable bonds is 4. The van der Waals surface area contributed by atoms with Crippen LogP contribution < -0.4 is 5.32 Å². The van der Waals surface area contributed by atoms with E-state index in [1.165, 1.54) is 11.9 Å². The van der Waals surface area contributed by atoms with Crippen LogP contribution in [-0.4, -0.2) is 20.7 Å². The Hall–Kier alpha value is -2.66. The molecule has 0 saturated heterocycles. The first-order valence-electron chi connectivity index (χ1n) is 8.20. The van der Waals surface area contributed by atoms with E-state index in [0.717, 1.165) is 29.0 Å². The minimum absolute atomic E-state index is 0.0270. The second-order valence-electron chi connectivity index (χ2n) is 6.16. The van der Waals surface area contributed by atoms with Crippen molar-refractivity contribution in [1.82, 2.24) is 20.1 Å². The van der Waals surface area contributed by atoms with Crippen molar-refractivity contribution in [2.45, 2.75) is 25.4 Å². The molecule has 0 bridgehead atoms. The molecule has 1 heterocycles. The lowest BCUT2D eigenvalue weighted by Gasteiger charge is -2.16. The summed E-state index contributed by atoms with van der Waals surface area (Å²) in [6, 6.07) is 13.5. The van der Waals surface area contributed by atoms with Gasteiger partial charge < -0.3 is 5.32 Å². The summed E-state index contributed by atoms with van der Waals surface area (Å²) < 4.78 is 1.71. The lowest BCUT2D eigenvalue weighted by atomic mass is 10.0. The van der Waals surface area contributed by atoms with Gasteiger partial charge in [-0.05, 0) is 47.7 Å². The highest BCUT2D eigenvalue weighted by molar-refractivity contribution is 6.30. The molecule has 1 N–H and O–H groups in total. The minimum atomic E-state index is -0.0662. The summed E-state index contributed by atoms with van der Waals surface area (Å²) in [4.78, 5) is 16.8. The van der Waals surface area contributed by atoms with Gasteiger partial charge in [0, 0.05) is 10.6 Å². The molecule has 1 aliphatic rings. The number of aromatic nitrogens is 3. The van der Waals surface area contributed by atoms with E-state index in [9.17, 15) is 4.79 Å². The second kappa shape index (κ2) is 6.69. The van der Waals surface area contributed by atoms with Crippen LogP contribution in [0.2, 0.25) is 5.02 Å². The van der Waals surface area contributed by atoms with E-state index < -0.39 is 0 Å². The average Bonchev–Trinajstić information content (AvgIpc) is 3.25. The fraction of sp³-hybridized carbons (Fsp3) is 0.211. The number of hydrogen-bond acceptors (Lipinski definition) is 3. The first kappa shape index (κ1) is 15.8. The van der Waals surface area contributed by atoms with Crippen molar-refractivity contribution >= 4 is 17.5 Å². The third-order valence-electron chi connectivity index (χ3n) is 4.55. The topological polar surface area (TPSA) is 59.8 Å². The number of nitrogens with zero attached hydrogens (tertiary/aromatic N) is 3. The molecule has 0 fully saturated rings. The van der Waals surface area contributed by atoms with Crippen molar-refractivity contribution < 1.29 is 4.79 Å². The molecular formula is C19H17ClN4O. The molecule has 1 unspecified atom stereocenters. The molecule has 1 atom stereocenters. The fourth-order valence-electron chi connectivity index (χ4n) is 3.34. The Kier molecular flexibility index (Phi) is 4.24. The summed E-state index contributed by atoms with van der Waals surface area (Å²) in [5.41, 5.74) is 3.96. The molecule has 25 heavy (non-hydrogen) atoms. The molecule has 1 amide bonds. The third-order valence-corrected chi connectivity index (χ3v) is 4.78. The summed E-state index contributed by atoms with van der Waals surface area (Å²) in [6.07, 6.45) is 4.96. The molecule has 3 aromatic rings. The van der Waals surface area contributed by atoms with Crippen molar-refractivity contribution in [2.24, 2.45) is 0 Å². The van der Waals surface area contributed by atoms with Gasteiger partial charge in [-0.3, -0.25) is 4.79 Å². The Labute approximate surface area is 150 Å². The van der Waals surface area contributed by atoms with Gasteiger partial charge in [0.25, 0.3) is 5.91 Å². The summed E-state index contributed by atoms with van der Waals surface area (Å²) in [7, 11) is 0. The molecule has 126 valence electrons. The van der Waals surface area contributed by atoms with Gasteiger partial charge in [0.2, 0.25) is 0 Å². The van der Waals surface area contributed by atoms with Gasteiger partial charge in [-0.1, -0.05) is 35.9 Å². The maximum absolute atomic E-state index is 12.8. The van der Waals surface area contributed by atoms with Crippen LogP contribution >= 0.6 is 11.6 Å². The van der Waals surface area contributed by atoms with Crippen LogP contribution in [0.5, 0.6) is 0 Å². The normalized spacial score (nSPS) is 15.8. The Bertz CT molecular complexity index is 908. The minimum Gasteiger partial charge on any atom is -0.345 e. The number of nitrogens with one attached hydrogen (secondary N) is 1. The maximum atomic E-state index is 12.8. The predicted molar refractivity (Wildman–Crippen MR) is 95.5 cm³/mol. The van der Waals surface area contributed by atoms with E-state index in [4.69, 9.17) is 11.6 Å². The van der Waals surface area contributed by atoms with Crippen LogP contribution in [-0.2, 0) is 13.0 Å². The van der Waals surface area contributed by atoms with E-state index >= 15 is 0 Å². The number of benzene rings is 2. The van der Waals surface area contributed by atoms with E-state index in [0.29, 0.717) is 12.1 Å². The van der Waals surface area contributed by atoms with Crippen LogP contribution in [0.4, 0.5) is 0 Å². The average molecular weight is 353 g/mol. The number of carbonyl (C=O) groups is 1. The number of hydrogen-bond donors (Lipinski definition) is 1. The summed E-state index contributed by atoms with van der Waals surface area (Å²) in [5.74, 6) is -0.0662. The SMILES string of the molecule is O=C(NC1CCc2cc(Cl)ccc21)c1ccccc1Cn1cncn1. The van der Waals surface area contributed by atoms with Gasteiger partial charge in [-0.15, -0.1) is 0 Å². The molecule has 4 rings (SSSR count). The molecule has 2 aromatic carbocycles. The van der Waals surface area contributed by atoms with E-state index in [1.54, 1.807) is 11.0 Å². The smallest absolute Gasteiger partial charge is 0.252 e. The van der Waals surface area contributed by atoms with Crippen LogP contribution in [0, 0.1) is 0 Å². The first-order valence-corrected chi connectivity index (χ1v) is 8.58. The number of fused-ring (bicyclic) bond motifs is 1. The maximum Gasteiger partial charge on any atom is 0.252 e. The monoisotopic (exact) mass is 352 g/mol. The highest BCUT2D eigenvalue weighted by atomic mass is 35.5. The van der Waals surface area contributed by atoms with Gasteiger partial charge in [-0.25, -0.2) is 9.67 Å². The van der Waals surface area contributed by atoms with Gasteiger partial charge in [0.15, 0.2) is 0 Å². The second-order valence-corrected chi connectivity index (χ2v) is 6.59. The molecular weight excluding hydrogens is 336 g/mol. The molecule has 5 nitrogen and oxygen atoms in total. The Morgan fingerprint density at radius 1 is 1.28 bits per heavy atom. The molecule has 1 aromatic heterocycles. The quantitative estimate of drug-likeness (QED) is 0.782. The van der Waals surface area contributed by atoms with Gasteiger partial charge in [0.05, 0.1) is 12.6 Å². The first-order chi connectivity index (χ1) is 12.2. The molecule has 0 aliphatic heterocycles. The Balaban J connectivity index is 1.55. The van der Waals surface area contributed by atoms with E-state index in [2.05, 4.69) is 15.4 Å². The van der Waals surface area contributed by atoms with Crippen molar-refractivity contribution in [3.05, 3.63) is 82.4 Å². The third kappa shape index (κ3) is 3.28. The van der Waals surface area contributed by atoms with Crippen LogP contribution in [0.1, 0.15) is 39.5 Å². The van der Waals surface area contributed by atoms with Crippen LogP contribution in [0.3, 0.4) is 0 Å². The molecule has 1 aliphatic carbocycles. The summed E-state index contributed by atoms with van der Waals surface area (Å²) in [6.45, 7) is 0.514. The highest BCUT2D eigenvalue weighted by Gasteiger charge is 2.25. The van der Waals surface area contributed by atoms with Gasteiger partial charge in [0.1, 0.15) is 12.7 Å². The van der Waals surface area contributed by atoms with Crippen LogP contribution in [0.25, 0.3) is 0 Å². The molecule has 0 saturated carbocycles. The highest BCUT2D eigenvalue weighted by Crippen LogP contribution is 2.33. The van der Waals surface area contributed by atoms with Crippen molar-refractivity contribution in [1.29, 1.82) is 0 Å². The number of aryl methyl sites for hydroxylation is 1. The zero-order valence-corrected chi connectivity index (χ0v) is 14.3. The largest absolute Gasteiger partial charge is 0.345 e. The van der Waals surface area contributed by atoms with Crippen molar-refractivity contribution in [2.75, 3.05) is 0 Å². The van der Waals surface area contributed by atoms with E-state index in [1.807, 2.05) is 42.5 Å². The summed E-state index contributed by atoms with van der Waals surface area (Å²) in [5, 5.41) is 8.02. The Morgan fingerprint density at radius 3 is 3.00 bits per heavy atom. The lowest BCUT2D eigenvalue weighted by Crippen LogP contribution is -2.28. The number of amides is 1. The number of carbonyl (C=O) groups excluding carboxylic acids is 1. The van der Waals surface area contributed by atoms with E-state index in [-0.39, 0.29) is 11.9 Å². The van der Waals surface area contributed by atoms with Crippen molar-refractivity contribution in [3.63, 3.8) is 0 Å². The molecule has 6 heteroatoms. The zero-order chi connectivity index (χ0) is 17.2. The van der Waals surface area contributed by atoms with Gasteiger partial charge >= 0.3 is 0 Å². The van der Waals surface area contributed by atoms with Gasteiger partial charge in [-0.2, -0.15) is 5.10 Å².